The summed E-state index contributed by atoms with van der Waals surface area (Å²) in [5.74, 6) is -0.469. The average molecular weight is 341 g/mol. The van der Waals surface area contributed by atoms with Crippen molar-refractivity contribution in [1.82, 2.24) is 5.32 Å². The first kappa shape index (κ1) is 17.6. The Kier molecular flexibility index (Phi) is 6.17. The summed E-state index contributed by atoms with van der Waals surface area (Å²) < 4.78 is 16.0. The van der Waals surface area contributed by atoms with Crippen molar-refractivity contribution in [1.29, 1.82) is 0 Å². The van der Waals surface area contributed by atoms with Gasteiger partial charge in [0, 0.05) is 0 Å². The number of nitrogens with one attached hydrogen (secondary N) is 1. The van der Waals surface area contributed by atoms with E-state index in [0.29, 0.717) is 19.8 Å². The molecule has 2 aromatic rings. The van der Waals surface area contributed by atoms with E-state index in [2.05, 4.69) is 29.6 Å². The van der Waals surface area contributed by atoms with Crippen LogP contribution in [-0.2, 0) is 19.0 Å². The summed E-state index contributed by atoms with van der Waals surface area (Å²) in [6, 6.07) is 20.5. The zero-order valence-electron chi connectivity index (χ0n) is 14.3. The molecule has 0 saturated carbocycles. The summed E-state index contributed by atoms with van der Waals surface area (Å²) in [5, 5.41) is 3.58. The molecule has 0 aliphatic carbocycles. The Bertz CT molecular complexity index is 614. The quantitative estimate of drug-likeness (QED) is 0.819. The van der Waals surface area contributed by atoms with Gasteiger partial charge in [-0.1, -0.05) is 60.7 Å². The van der Waals surface area contributed by atoms with Crippen LogP contribution in [-0.4, -0.2) is 38.1 Å². The summed E-state index contributed by atoms with van der Waals surface area (Å²) in [6.07, 6.45) is -0.926. The minimum Gasteiger partial charge on any atom is -0.462 e. The lowest BCUT2D eigenvalue weighted by atomic mass is 9.98. The van der Waals surface area contributed by atoms with E-state index in [1.165, 1.54) is 11.1 Å². The molecule has 0 atom stereocenters. The van der Waals surface area contributed by atoms with E-state index < -0.39 is 12.3 Å². The van der Waals surface area contributed by atoms with Gasteiger partial charge in [-0.2, -0.15) is 0 Å². The fourth-order valence-electron chi connectivity index (χ4n) is 2.86. The second-order valence-corrected chi connectivity index (χ2v) is 5.87. The van der Waals surface area contributed by atoms with Gasteiger partial charge in [0.2, 0.25) is 0 Å². The van der Waals surface area contributed by atoms with Crippen molar-refractivity contribution in [2.75, 3.05) is 19.8 Å². The first-order valence-electron chi connectivity index (χ1n) is 8.53. The molecule has 132 valence electrons. The van der Waals surface area contributed by atoms with Crippen LogP contribution < -0.4 is 5.32 Å². The minimum atomic E-state index is -0.926. The van der Waals surface area contributed by atoms with Crippen LogP contribution in [0, 0.1) is 0 Å². The lowest BCUT2D eigenvalue weighted by Gasteiger charge is -2.32. The Balaban J connectivity index is 1.67. The molecule has 0 radical (unpaired) electrons. The molecule has 0 amide bonds. The van der Waals surface area contributed by atoms with Crippen molar-refractivity contribution in [3.05, 3.63) is 71.8 Å². The van der Waals surface area contributed by atoms with Crippen molar-refractivity contribution in [3.63, 3.8) is 0 Å². The number of carbonyl (C=O) groups excluding carboxylic acids is 1. The molecule has 1 aliphatic heterocycles. The van der Waals surface area contributed by atoms with Gasteiger partial charge in [0.05, 0.1) is 31.9 Å². The molecule has 0 bridgehead atoms. The Hall–Kier alpha value is -2.21. The zero-order chi connectivity index (χ0) is 17.5. The smallest absolute Gasteiger partial charge is 0.363 e. The molecular weight excluding hydrogens is 318 g/mol. The molecule has 1 saturated heterocycles. The van der Waals surface area contributed by atoms with E-state index in [1.54, 1.807) is 6.92 Å². The monoisotopic (exact) mass is 341 g/mol. The highest BCUT2D eigenvalue weighted by molar-refractivity contribution is 5.73. The average Bonchev–Trinajstić information content (AvgIpc) is 2.68. The van der Waals surface area contributed by atoms with Gasteiger partial charge in [-0.05, 0) is 18.1 Å². The maximum atomic E-state index is 11.7. The Labute approximate surface area is 147 Å². The molecule has 1 N–H and O–H groups in total. The SMILES string of the molecule is CCOC(=O)C1OCC(NC(c2ccccc2)c2ccccc2)CO1. The maximum absolute atomic E-state index is 11.7. The second kappa shape index (κ2) is 8.76. The van der Waals surface area contributed by atoms with Crippen LogP contribution >= 0.6 is 0 Å². The van der Waals surface area contributed by atoms with Crippen molar-refractivity contribution >= 4 is 5.97 Å². The van der Waals surface area contributed by atoms with Gasteiger partial charge >= 0.3 is 5.97 Å². The molecule has 5 heteroatoms. The van der Waals surface area contributed by atoms with Crippen LogP contribution in [0.2, 0.25) is 0 Å². The highest BCUT2D eigenvalue weighted by Crippen LogP contribution is 2.23. The van der Waals surface area contributed by atoms with Crippen molar-refractivity contribution in [2.45, 2.75) is 25.3 Å². The lowest BCUT2D eigenvalue weighted by molar-refractivity contribution is -0.215. The maximum Gasteiger partial charge on any atom is 0.363 e. The number of hydrogen-bond donors (Lipinski definition) is 1. The third-order valence-corrected chi connectivity index (χ3v) is 4.04. The van der Waals surface area contributed by atoms with Gasteiger partial charge in [0.15, 0.2) is 0 Å². The number of carbonyl (C=O) groups is 1. The third-order valence-electron chi connectivity index (χ3n) is 4.04. The fraction of sp³-hybridized carbons (Fsp3) is 0.350. The molecule has 0 aromatic heterocycles. The molecule has 5 nitrogen and oxygen atoms in total. The van der Waals surface area contributed by atoms with Crippen molar-refractivity contribution < 1.29 is 19.0 Å². The van der Waals surface area contributed by atoms with E-state index in [4.69, 9.17) is 14.2 Å². The summed E-state index contributed by atoms with van der Waals surface area (Å²) in [5.41, 5.74) is 2.34. The second-order valence-electron chi connectivity index (χ2n) is 5.87. The summed E-state index contributed by atoms with van der Waals surface area (Å²) in [7, 11) is 0. The van der Waals surface area contributed by atoms with Crippen LogP contribution in [0.25, 0.3) is 0 Å². The van der Waals surface area contributed by atoms with Crippen LogP contribution in [0.1, 0.15) is 24.1 Å². The van der Waals surface area contributed by atoms with Crippen LogP contribution in [0.4, 0.5) is 0 Å². The van der Waals surface area contributed by atoms with Gasteiger partial charge < -0.3 is 14.2 Å². The molecule has 1 fully saturated rings. The summed E-state index contributed by atoms with van der Waals surface area (Å²) >= 11 is 0. The number of rotatable bonds is 6. The van der Waals surface area contributed by atoms with E-state index in [9.17, 15) is 4.79 Å². The van der Waals surface area contributed by atoms with Crippen LogP contribution in [0.5, 0.6) is 0 Å². The molecule has 1 aliphatic rings. The first-order valence-corrected chi connectivity index (χ1v) is 8.53. The number of benzene rings is 2. The highest BCUT2D eigenvalue weighted by atomic mass is 16.7. The number of ether oxygens (including phenoxy) is 3. The predicted octanol–water partition coefficient (Wildman–Crippen LogP) is 2.67. The van der Waals surface area contributed by atoms with Gasteiger partial charge in [-0.15, -0.1) is 0 Å². The molecular formula is C20H23NO4. The predicted molar refractivity (Wildman–Crippen MR) is 94.0 cm³/mol. The fourth-order valence-corrected chi connectivity index (χ4v) is 2.86. The molecule has 2 aromatic carbocycles. The Morgan fingerprint density at radius 3 is 2.04 bits per heavy atom. The first-order chi connectivity index (χ1) is 12.3. The molecule has 0 spiro atoms. The summed E-state index contributed by atoms with van der Waals surface area (Å²) in [4.78, 5) is 11.7. The van der Waals surface area contributed by atoms with Crippen LogP contribution in [0.15, 0.2) is 60.7 Å². The van der Waals surface area contributed by atoms with E-state index in [-0.39, 0.29) is 12.1 Å². The molecule has 25 heavy (non-hydrogen) atoms. The van der Waals surface area contributed by atoms with Crippen molar-refractivity contribution in [2.24, 2.45) is 0 Å². The number of esters is 1. The van der Waals surface area contributed by atoms with E-state index >= 15 is 0 Å². The Morgan fingerprint density at radius 1 is 1.04 bits per heavy atom. The topological polar surface area (TPSA) is 56.8 Å². The lowest BCUT2D eigenvalue weighted by Crippen LogP contribution is -2.48. The van der Waals surface area contributed by atoms with Gasteiger partial charge in [-0.25, -0.2) is 4.79 Å². The van der Waals surface area contributed by atoms with Gasteiger partial charge in [0.25, 0.3) is 6.29 Å². The molecule has 0 unspecified atom stereocenters. The van der Waals surface area contributed by atoms with Crippen molar-refractivity contribution in [3.8, 4) is 0 Å². The van der Waals surface area contributed by atoms with E-state index in [1.807, 2.05) is 36.4 Å². The minimum absolute atomic E-state index is 0.0175. The number of hydrogen-bond acceptors (Lipinski definition) is 5. The highest BCUT2D eigenvalue weighted by Gasteiger charge is 2.30. The van der Waals surface area contributed by atoms with E-state index in [0.717, 1.165) is 0 Å². The third kappa shape index (κ3) is 4.66. The molecule has 1 heterocycles. The summed E-state index contributed by atoms with van der Waals surface area (Å²) in [6.45, 7) is 2.85. The van der Waals surface area contributed by atoms with Gasteiger partial charge in [0.1, 0.15) is 0 Å². The van der Waals surface area contributed by atoms with Crippen LogP contribution in [0.3, 0.4) is 0 Å². The zero-order valence-corrected chi connectivity index (χ0v) is 14.3. The standard InChI is InChI=1S/C20H23NO4/c1-2-23-19(22)20-24-13-17(14-25-20)21-18(15-9-5-3-6-10-15)16-11-7-4-8-12-16/h3-12,17-18,20-21H,2,13-14H2,1H3. The molecule has 3 rings (SSSR count). The largest absolute Gasteiger partial charge is 0.462 e. The van der Waals surface area contributed by atoms with Gasteiger partial charge in [-0.3, -0.25) is 5.32 Å². The normalized spacial score (nSPS) is 20.4. The Morgan fingerprint density at radius 2 is 1.56 bits per heavy atom.